The molecule has 0 unspecified atom stereocenters. The Hall–Kier alpha value is -3.65. The Balaban J connectivity index is 1.90. The third-order valence-corrected chi connectivity index (χ3v) is 6.80. The van der Waals surface area contributed by atoms with E-state index in [9.17, 15) is 18.0 Å². The molecule has 0 saturated carbocycles. The van der Waals surface area contributed by atoms with Gasteiger partial charge in [-0.3, -0.25) is 13.9 Å². The lowest BCUT2D eigenvalue weighted by Gasteiger charge is -2.26. The van der Waals surface area contributed by atoms with Crippen molar-refractivity contribution < 1.29 is 18.0 Å². The lowest BCUT2D eigenvalue weighted by atomic mass is 10.1. The van der Waals surface area contributed by atoms with Crippen LogP contribution in [-0.2, 0) is 26.0 Å². The maximum atomic E-state index is 13.6. The number of amides is 2. The minimum absolute atomic E-state index is 0.117. The second kappa shape index (κ2) is 10.3. The summed E-state index contributed by atoms with van der Waals surface area (Å²) in [5, 5.41) is 5.39. The van der Waals surface area contributed by atoms with Gasteiger partial charge in [-0.2, -0.15) is 0 Å². The first-order chi connectivity index (χ1) is 15.7. The van der Waals surface area contributed by atoms with Crippen LogP contribution in [0.25, 0.3) is 0 Å². The summed E-state index contributed by atoms with van der Waals surface area (Å²) in [6.07, 6.45) is 0.613. The van der Waals surface area contributed by atoms with Crippen LogP contribution in [0.3, 0.4) is 0 Å². The number of para-hydroxylation sites is 1. The van der Waals surface area contributed by atoms with Crippen molar-refractivity contribution in [3.8, 4) is 0 Å². The molecule has 0 bridgehead atoms. The van der Waals surface area contributed by atoms with Gasteiger partial charge in [-0.15, -0.1) is 0 Å². The highest BCUT2D eigenvalue weighted by Gasteiger charge is 2.28. The predicted molar refractivity (Wildman–Crippen MR) is 131 cm³/mol. The lowest BCUT2D eigenvalue weighted by Crippen LogP contribution is -2.38. The van der Waals surface area contributed by atoms with Gasteiger partial charge in [0.05, 0.1) is 10.6 Å². The Labute approximate surface area is 194 Å². The van der Waals surface area contributed by atoms with Crippen molar-refractivity contribution in [1.82, 2.24) is 0 Å². The number of nitrogens with one attached hydrogen (secondary N) is 2. The van der Waals surface area contributed by atoms with Gasteiger partial charge in [0.1, 0.15) is 6.54 Å². The molecular weight excluding hydrogens is 438 g/mol. The van der Waals surface area contributed by atoms with Gasteiger partial charge in [0.2, 0.25) is 11.8 Å². The number of benzene rings is 3. The van der Waals surface area contributed by atoms with Crippen molar-refractivity contribution in [1.29, 1.82) is 0 Å². The van der Waals surface area contributed by atoms with Crippen LogP contribution >= 0.6 is 0 Å². The van der Waals surface area contributed by atoms with Crippen molar-refractivity contribution in [3.05, 3.63) is 83.9 Å². The molecule has 0 radical (unpaired) electrons. The Bertz CT molecular complexity index is 1240. The molecule has 0 heterocycles. The molecule has 2 N–H and O–H groups in total. The molecule has 0 atom stereocenters. The number of sulfonamides is 1. The second-order valence-corrected chi connectivity index (χ2v) is 9.48. The molecule has 0 aromatic heterocycles. The number of hydrogen-bond donors (Lipinski definition) is 2. The van der Waals surface area contributed by atoms with Gasteiger partial charge in [-0.25, -0.2) is 8.42 Å². The number of hydrogen-bond acceptors (Lipinski definition) is 4. The summed E-state index contributed by atoms with van der Waals surface area (Å²) in [6, 6.07) is 20.3. The highest BCUT2D eigenvalue weighted by molar-refractivity contribution is 7.92. The molecule has 0 fully saturated rings. The van der Waals surface area contributed by atoms with Crippen molar-refractivity contribution >= 4 is 38.9 Å². The van der Waals surface area contributed by atoms with Gasteiger partial charge in [0.25, 0.3) is 10.0 Å². The first-order valence-electron chi connectivity index (χ1n) is 10.6. The summed E-state index contributed by atoms with van der Waals surface area (Å²) in [7, 11) is -3.99. The molecule has 3 aromatic rings. The maximum Gasteiger partial charge on any atom is 0.264 e. The highest BCUT2D eigenvalue weighted by Crippen LogP contribution is 2.28. The van der Waals surface area contributed by atoms with Crippen LogP contribution < -0.4 is 14.9 Å². The molecule has 7 nitrogen and oxygen atoms in total. The van der Waals surface area contributed by atoms with E-state index in [0.29, 0.717) is 23.5 Å². The quantitative estimate of drug-likeness (QED) is 0.517. The Kier molecular flexibility index (Phi) is 7.50. The van der Waals surface area contributed by atoms with Crippen LogP contribution in [0.15, 0.2) is 77.7 Å². The second-order valence-electron chi connectivity index (χ2n) is 7.61. The zero-order chi connectivity index (χ0) is 24.0. The number of nitrogens with zero attached hydrogens (tertiary/aromatic N) is 1. The van der Waals surface area contributed by atoms with Crippen LogP contribution in [-0.4, -0.2) is 26.8 Å². The van der Waals surface area contributed by atoms with Gasteiger partial charge in [0, 0.05) is 18.3 Å². The predicted octanol–water partition coefficient (Wildman–Crippen LogP) is 4.35. The van der Waals surface area contributed by atoms with Crippen LogP contribution in [0.5, 0.6) is 0 Å². The Morgan fingerprint density at radius 2 is 1.42 bits per heavy atom. The monoisotopic (exact) mass is 465 g/mol. The maximum absolute atomic E-state index is 13.6. The number of carbonyl (C=O) groups is 2. The molecule has 0 aliphatic heterocycles. The molecule has 0 aliphatic carbocycles. The van der Waals surface area contributed by atoms with Gasteiger partial charge < -0.3 is 10.6 Å². The van der Waals surface area contributed by atoms with Gasteiger partial charge in [-0.05, 0) is 61.4 Å². The average Bonchev–Trinajstić information content (AvgIpc) is 2.78. The summed E-state index contributed by atoms with van der Waals surface area (Å²) in [4.78, 5) is 24.2. The highest BCUT2D eigenvalue weighted by atomic mass is 32.2. The minimum atomic E-state index is -3.99. The third kappa shape index (κ3) is 5.98. The fourth-order valence-corrected chi connectivity index (χ4v) is 4.82. The van der Waals surface area contributed by atoms with E-state index < -0.39 is 15.9 Å². The van der Waals surface area contributed by atoms with Gasteiger partial charge >= 0.3 is 0 Å². The SMILES string of the molecule is CCc1ccccc1N(CC(=O)Nc1ccc(NC(C)=O)cc1)S(=O)(=O)c1ccc(C)cc1. The van der Waals surface area contributed by atoms with Crippen molar-refractivity contribution in [2.24, 2.45) is 0 Å². The normalized spacial score (nSPS) is 11.0. The molecule has 2 amide bonds. The van der Waals surface area contributed by atoms with Gasteiger partial charge in [-0.1, -0.05) is 42.8 Å². The summed E-state index contributed by atoms with van der Waals surface area (Å²) < 4.78 is 28.3. The molecule has 0 spiro atoms. The molecule has 8 heteroatoms. The van der Waals surface area contributed by atoms with E-state index in [1.54, 1.807) is 60.7 Å². The molecule has 172 valence electrons. The Morgan fingerprint density at radius 1 is 0.848 bits per heavy atom. The van der Waals surface area contributed by atoms with Gasteiger partial charge in [0.15, 0.2) is 0 Å². The zero-order valence-corrected chi connectivity index (χ0v) is 19.6. The summed E-state index contributed by atoms with van der Waals surface area (Å²) in [5.41, 5.74) is 3.32. The number of aryl methyl sites for hydroxylation is 2. The van der Waals surface area contributed by atoms with Crippen LogP contribution in [0, 0.1) is 6.92 Å². The first kappa shape index (κ1) is 24.0. The first-order valence-corrected chi connectivity index (χ1v) is 12.0. The van der Waals surface area contributed by atoms with E-state index in [1.807, 2.05) is 26.0 Å². The van der Waals surface area contributed by atoms with Crippen molar-refractivity contribution in [2.45, 2.75) is 32.1 Å². The third-order valence-electron chi connectivity index (χ3n) is 5.03. The Morgan fingerprint density at radius 3 is 2.00 bits per heavy atom. The standard InChI is InChI=1S/C25H27N3O4S/c1-4-20-7-5-6-8-24(20)28(33(31,32)23-15-9-18(2)10-16-23)17-25(30)27-22-13-11-21(12-14-22)26-19(3)29/h5-16H,4,17H2,1-3H3,(H,26,29)(H,27,30). The van der Waals surface area contributed by atoms with Crippen LogP contribution in [0.2, 0.25) is 0 Å². The number of carbonyl (C=O) groups excluding carboxylic acids is 2. The molecular formula is C25H27N3O4S. The van der Waals surface area contributed by atoms with Crippen molar-refractivity contribution in [2.75, 3.05) is 21.5 Å². The van der Waals surface area contributed by atoms with Crippen molar-refractivity contribution in [3.63, 3.8) is 0 Å². The summed E-state index contributed by atoms with van der Waals surface area (Å²) in [5.74, 6) is -0.679. The van der Waals surface area contributed by atoms with E-state index in [-0.39, 0.29) is 17.3 Å². The molecule has 0 aliphatic rings. The minimum Gasteiger partial charge on any atom is -0.326 e. The van der Waals surface area contributed by atoms with Crippen LogP contribution in [0.4, 0.5) is 17.1 Å². The van der Waals surface area contributed by atoms with E-state index in [0.717, 1.165) is 15.4 Å². The van der Waals surface area contributed by atoms with E-state index in [1.165, 1.54) is 6.92 Å². The average molecular weight is 466 g/mol. The lowest BCUT2D eigenvalue weighted by molar-refractivity contribution is -0.115. The van der Waals surface area contributed by atoms with E-state index in [4.69, 9.17) is 0 Å². The molecule has 3 rings (SSSR count). The number of rotatable bonds is 8. The van der Waals surface area contributed by atoms with E-state index >= 15 is 0 Å². The fraction of sp³-hybridized carbons (Fsp3) is 0.200. The smallest absolute Gasteiger partial charge is 0.264 e. The number of anilines is 3. The zero-order valence-electron chi connectivity index (χ0n) is 18.8. The fourth-order valence-electron chi connectivity index (χ4n) is 3.36. The van der Waals surface area contributed by atoms with Crippen LogP contribution in [0.1, 0.15) is 25.0 Å². The molecule has 33 heavy (non-hydrogen) atoms. The largest absolute Gasteiger partial charge is 0.326 e. The summed E-state index contributed by atoms with van der Waals surface area (Å²) >= 11 is 0. The summed E-state index contributed by atoms with van der Waals surface area (Å²) in [6.45, 7) is 4.84. The molecule has 3 aromatic carbocycles. The molecule has 0 saturated heterocycles. The topological polar surface area (TPSA) is 95.6 Å². The van der Waals surface area contributed by atoms with E-state index in [2.05, 4.69) is 10.6 Å².